The fourth-order valence-corrected chi connectivity index (χ4v) is 1.38. The van der Waals surface area contributed by atoms with Gasteiger partial charge in [0, 0.05) is 13.2 Å². The van der Waals surface area contributed by atoms with Crippen LogP contribution in [0.4, 0.5) is 0 Å². The van der Waals surface area contributed by atoms with Crippen molar-refractivity contribution in [2.75, 3.05) is 34.4 Å². The first-order chi connectivity index (χ1) is 5.37. The summed E-state index contributed by atoms with van der Waals surface area (Å²) in [5, 5.41) is 0. The summed E-state index contributed by atoms with van der Waals surface area (Å²) in [6.45, 7) is 9.10. The van der Waals surface area contributed by atoms with Gasteiger partial charge >= 0.3 is 0 Å². The zero-order valence-corrected chi connectivity index (χ0v) is 9.52. The van der Waals surface area contributed by atoms with Crippen molar-refractivity contribution in [3.63, 3.8) is 0 Å². The van der Waals surface area contributed by atoms with Crippen LogP contribution >= 0.6 is 0 Å². The van der Waals surface area contributed by atoms with Crippen molar-refractivity contribution in [2.45, 2.75) is 27.2 Å². The van der Waals surface area contributed by atoms with Crippen molar-refractivity contribution in [3.8, 4) is 0 Å². The molecule has 12 heavy (non-hydrogen) atoms. The highest BCUT2D eigenvalue weighted by molar-refractivity contribution is 4.69. The minimum atomic E-state index is 0.449. The summed E-state index contributed by atoms with van der Waals surface area (Å²) >= 11 is 0. The summed E-state index contributed by atoms with van der Waals surface area (Å²) in [5.41, 5.74) is 0.449. The molecule has 0 rings (SSSR count). The molecule has 0 spiro atoms. The van der Waals surface area contributed by atoms with Gasteiger partial charge in [0.05, 0.1) is 0 Å². The highest BCUT2D eigenvalue weighted by Crippen LogP contribution is 2.20. The maximum atomic E-state index is 2.36. The number of hydrogen-bond acceptors (Lipinski definition) is 2. The van der Waals surface area contributed by atoms with E-state index in [2.05, 4.69) is 51.7 Å². The number of hydrogen-bond donors (Lipinski definition) is 0. The van der Waals surface area contributed by atoms with Gasteiger partial charge in [-0.15, -0.1) is 0 Å². The summed E-state index contributed by atoms with van der Waals surface area (Å²) in [4.78, 5) is 4.56. The molecule has 0 aromatic heterocycles. The van der Waals surface area contributed by atoms with Crippen LogP contribution in [0.3, 0.4) is 0 Å². The van der Waals surface area contributed by atoms with Crippen LogP contribution < -0.4 is 0 Å². The van der Waals surface area contributed by atoms with E-state index in [1.165, 1.54) is 13.0 Å². The zero-order valence-electron chi connectivity index (χ0n) is 9.52. The van der Waals surface area contributed by atoms with Gasteiger partial charge in [0.25, 0.3) is 0 Å². The molecule has 0 atom stereocenters. The Labute approximate surface area is 77.5 Å². The Morgan fingerprint density at radius 1 is 1.08 bits per heavy atom. The van der Waals surface area contributed by atoms with Gasteiger partial charge < -0.3 is 0 Å². The molecule has 0 aliphatic heterocycles. The molecule has 0 saturated carbocycles. The van der Waals surface area contributed by atoms with E-state index in [1.54, 1.807) is 0 Å². The molecule has 0 aliphatic carbocycles. The predicted molar refractivity (Wildman–Crippen MR) is 55.3 cm³/mol. The smallest absolute Gasteiger partial charge is 0.0498 e. The average molecular weight is 172 g/mol. The Hall–Kier alpha value is -0.0800. The molecule has 0 N–H and O–H groups in total. The van der Waals surface area contributed by atoms with Crippen LogP contribution in [0.15, 0.2) is 0 Å². The van der Waals surface area contributed by atoms with Crippen molar-refractivity contribution in [2.24, 2.45) is 5.41 Å². The standard InChI is InChI=1S/C10H24N2/c1-7-10(2,3)8-12(6)9-11(4)5/h7-9H2,1-6H3. The Morgan fingerprint density at radius 2 is 1.58 bits per heavy atom. The van der Waals surface area contributed by atoms with Crippen LogP contribution in [-0.2, 0) is 0 Å². The van der Waals surface area contributed by atoms with E-state index in [9.17, 15) is 0 Å². The summed E-state index contributed by atoms with van der Waals surface area (Å²) in [7, 11) is 6.39. The zero-order chi connectivity index (χ0) is 9.78. The first kappa shape index (κ1) is 11.9. The van der Waals surface area contributed by atoms with Crippen molar-refractivity contribution in [1.29, 1.82) is 0 Å². The fourth-order valence-electron chi connectivity index (χ4n) is 1.38. The monoisotopic (exact) mass is 172 g/mol. The first-order valence-electron chi connectivity index (χ1n) is 4.70. The molecule has 0 unspecified atom stereocenters. The molecular formula is C10H24N2. The molecule has 0 heterocycles. The maximum absolute atomic E-state index is 2.36. The van der Waals surface area contributed by atoms with Crippen LogP contribution in [0, 0.1) is 5.41 Å². The van der Waals surface area contributed by atoms with Gasteiger partial charge in [0.1, 0.15) is 0 Å². The van der Waals surface area contributed by atoms with Gasteiger partial charge in [-0.25, -0.2) is 0 Å². The van der Waals surface area contributed by atoms with Crippen LogP contribution in [0.2, 0.25) is 0 Å². The van der Waals surface area contributed by atoms with Crippen molar-refractivity contribution in [1.82, 2.24) is 9.80 Å². The molecule has 0 radical (unpaired) electrons. The summed E-state index contributed by atoms with van der Waals surface area (Å²) in [6, 6.07) is 0. The van der Waals surface area contributed by atoms with Crippen molar-refractivity contribution in [3.05, 3.63) is 0 Å². The molecule has 0 aliphatic rings. The maximum Gasteiger partial charge on any atom is 0.0498 e. The third-order valence-electron chi connectivity index (χ3n) is 2.18. The van der Waals surface area contributed by atoms with Gasteiger partial charge in [0.15, 0.2) is 0 Å². The Morgan fingerprint density at radius 3 is 1.92 bits per heavy atom. The number of rotatable bonds is 5. The largest absolute Gasteiger partial charge is 0.297 e. The normalized spacial score (nSPS) is 13.0. The third kappa shape index (κ3) is 5.56. The van der Waals surface area contributed by atoms with E-state index in [-0.39, 0.29) is 0 Å². The Balaban J connectivity index is 3.75. The molecule has 0 fully saturated rings. The van der Waals surface area contributed by atoms with Crippen molar-refractivity contribution < 1.29 is 0 Å². The van der Waals surface area contributed by atoms with Gasteiger partial charge in [0.2, 0.25) is 0 Å². The second-order valence-corrected chi connectivity index (χ2v) is 4.75. The van der Waals surface area contributed by atoms with E-state index in [0.29, 0.717) is 5.41 Å². The lowest BCUT2D eigenvalue weighted by molar-refractivity contribution is 0.146. The molecule has 74 valence electrons. The lowest BCUT2D eigenvalue weighted by Crippen LogP contribution is -2.36. The van der Waals surface area contributed by atoms with E-state index in [4.69, 9.17) is 0 Å². The molecule has 0 amide bonds. The van der Waals surface area contributed by atoms with E-state index >= 15 is 0 Å². The molecule has 0 bridgehead atoms. The second kappa shape index (κ2) is 4.83. The highest BCUT2D eigenvalue weighted by Gasteiger charge is 2.17. The Bertz CT molecular complexity index is 119. The molecule has 0 aromatic carbocycles. The minimum Gasteiger partial charge on any atom is -0.297 e. The average Bonchev–Trinajstić information content (AvgIpc) is 1.84. The lowest BCUT2D eigenvalue weighted by Gasteiger charge is -2.30. The minimum absolute atomic E-state index is 0.449. The van der Waals surface area contributed by atoms with E-state index < -0.39 is 0 Å². The molecule has 0 aromatic rings. The quantitative estimate of drug-likeness (QED) is 0.584. The predicted octanol–water partition coefficient (Wildman–Crippen LogP) is 1.87. The van der Waals surface area contributed by atoms with Crippen LogP contribution in [0.1, 0.15) is 27.2 Å². The van der Waals surface area contributed by atoms with Crippen LogP contribution in [0.25, 0.3) is 0 Å². The molecule has 2 nitrogen and oxygen atoms in total. The highest BCUT2D eigenvalue weighted by atomic mass is 15.3. The third-order valence-corrected chi connectivity index (χ3v) is 2.18. The van der Waals surface area contributed by atoms with Gasteiger partial charge in [-0.2, -0.15) is 0 Å². The number of nitrogens with zero attached hydrogens (tertiary/aromatic N) is 2. The lowest BCUT2D eigenvalue weighted by atomic mass is 9.90. The van der Waals surface area contributed by atoms with Gasteiger partial charge in [-0.3, -0.25) is 9.80 Å². The van der Waals surface area contributed by atoms with E-state index in [0.717, 1.165) is 6.67 Å². The second-order valence-electron chi connectivity index (χ2n) is 4.75. The molecule has 0 saturated heterocycles. The van der Waals surface area contributed by atoms with E-state index in [1.807, 2.05) is 0 Å². The van der Waals surface area contributed by atoms with Gasteiger partial charge in [-0.05, 0) is 33.0 Å². The summed E-state index contributed by atoms with van der Waals surface area (Å²) in [6.07, 6.45) is 1.24. The Kier molecular flexibility index (Phi) is 4.80. The van der Waals surface area contributed by atoms with Crippen LogP contribution in [-0.4, -0.2) is 44.2 Å². The first-order valence-corrected chi connectivity index (χ1v) is 4.70. The van der Waals surface area contributed by atoms with Gasteiger partial charge in [-0.1, -0.05) is 20.8 Å². The molecular weight excluding hydrogens is 148 g/mol. The summed E-state index contributed by atoms with van der Waals surface area (Å²) in [5.74, 6) is 0. The molecule has 2 heteroatoms. The SMILES string of the molecule is CCC(C)(C)CN(C)CN(C)C. The topological polar surface area (TPSA) is 6.48 Å². The van der Waals surface area contributed by atoms with Crippen molar-refractivity contribution >= 4 is 0 Å². The summed E-state index contributed by atoms with van der Waals surface area (Å²) < 4.78 is 0. The van der Waals surface area contributed by atoms with Crippen LogP contribution in [0.5, 0.6) is 0 Å². The fraction of sp³-hybridized carbons (Fsp3) is 1.00.